The number of hydrogen-bond acceptors (Lipinski definition) is 5. The predicted octanol–water partition coefficient (Wildman–Crippen LogP) is 5.61. The van der Waals surface area contributed by atoms with Crippen LogP contribution in [0.25, 0.3) is 0 Å². The van der Waals surface area contributed by atoms with E-state index in [1.165, 1.54) is 12.1 Å². The van der Waals surface area contributed by atoms with Gasteiger partial charge < -0.3 is 10.1 Å². The van der Waals surface area contributed by atoms with E-state index in [2.05, 4.69) is 5.32 Å². The minimum absolute atomic E-state index is 0.0295. The van der Waals surface area contributed by atoms with Crippen molar-refractivity contribution in [2.45, 2.75) is 13.8 Å². The molecule has 0 spiro atoms. The molecule has 3 aromatic rings. The third kappa shape index (κ3) is 4.62. The van der Waals surface area contributed by atoms with Crippen molar-refractivity contribution in [2.75, 3.05) is 10.2 Å². The van der Waals surface area contributed by atoms with Crippen LogP contribution < -0.4 is 15.0 Å². The summed E-state index contributed by atoms with van der Waals surface area (Å²) in [5.74, 6) is -1.33. The van der Waals surface area contributed by atoms with Crippen LogP contribution in [-0.4, -0.2) is 17.8 Å². The summed E-state index contributed by atoms with van der Waals surface area (Å²) in [6.45, 7) is 3.75. The third-order valence-electron chi connectivity index (χ3n) is 5.03. The van der Waals surface area contributed by atoms with Crippen molar-refractivity contribution >= 4 is 52.4 Å². The highest BCUT2D eigenvalue weighted by atomic mass is 35.5. The number of carbonyl (C=O) groups is 3. The lowest BCUT2D eigenvalue weighted by molar-refractivity contribution is -0.120. The zero-order valence-corrected chi connectivity index (χ0v) is 19.2. The second kappa shape index (κ2) is 9.10. The van der Waals surface area contributed by atoms with Gasteiger partial charge in [0.05, 0.1) is 11.3 Å². The predicted molar refractivity (Wildman–Crippen MR) is 128 cm³/mol. The number of aryl methyl sites for hydroxylation is 2. The zero-order chi connectivity index (χ0) is 23.7. The van der Waals surface area contributed by atoms with Crippen molar-refractivity contribution in [1.82, 2.24) is 0 Å². The molecule has 0 saturated carbocycles. The molecule has 1 heterocycles. The molecule has 2 amide bonds. The first-order valence-corrected chi connectivity index (χ1v) is 10.7. The van der Waals surface area contributed by atoms with E-state index in [4.69, 9.17) is 27.9 Å². The zero-order valence-electron chi connectivity index (χ0n) is 17.7. The molecule has 0 aromatic heterocycles. The van der Waals surface area contributed by atoms with E-state index >= 15 is 0 Å². The van der Waals surface area contributed by atoms with E-state index in [1.807, 2.05) is 26.0 Å². The molecule has 166 valence electrons. The Bertz CT molecular complexity index is 1300. The van der Waals surface area contributed by atoms with Gasteiger partial charge in [-0.3, -0.25) is 9.59 Å². The number of imide groups is 1. The first-order chi connectivity index (χ1) is 15.7. The molecule has 8 heteroatoms. The van der Waals surface area contributed by atoms with Crippen LogP contribution in [0.5, 0.6) is 5.75 Å². The number of nitrogens with zero attached hydrogens (tertiary/aromatic N) is 1. The third-order valence-corrected chi connectivity index (χ3v) is 5.64. The van der Waals surface area contributed by atoms with Gasteiger partial charge in [-0.1, -0.05) is 40.9 Å². The smallest absolute Gasteiger partial charge is 0.343 e. The minimum Gasteiger partial charge on any atom is -0.423 e. The van der Waals surface area contributed by atoms with Gasteiger partial charge in [0.25, 0.3) is 11.8 Å². The Balaban J connectivity index is 1.49. The normalized spacial score (nSPS) is 13.5. The number of carbonyl (C=O) groups excluding carboxylic acids is 3. The van der Waals surface area contributed by atoms with Gasteiger partial charge in [0.2, 0.25) is 0 Å². The van der Waals surface area contributed by atoms with Crippen LogP contribution >= 0.6 is 23.2 Å². The second-order valence-electron chi connectivity index (χ2n) is 7.47. The maximum Gasteiger partial charge on any atom is 0.343 e. The van der Waals surface area contributed by atoms with Gasteiger partial charge in [-0.25, -0.2) is 9.69 Å². The van der Waals surface area contributed by atoms with Crippen LogP contribution in [0.2, 0.25) is 5.02 Å². The Kier molecular flexibility index (Phi) is 6.22. The number of anilines is 2. The van der Waals surface area contributed by atoms with Gasteiger partial charge in [0, 0.05) is 10.7 Å². The summed E-state index contributed by atoms with van der Waals surface area (Å²) >= 11 is 12.0. The van der Waals surface area contributed by atoms with Gasteiger partial charge in [0.1, 0.15) is 16.5 Å². The Hall–Kier alpha value is -3.61. The molecule has 1 N–H and O–H groups in total. The first-order valence-electron chi connectivity index (χ1n) is 9.95. The number of esters is 1. The molecule has 0 fully saturated rings. The van der Waals surface area contributed by atoms with Gasteiger partial charge in [-0.15, -0.1) is 0 Å². The molecule has 33 heavy (non-hydrogen) atoms. The highest BCUT2D eigenvalue weighted by Gasteiger charge is 2.39. The molecule has 0 radical (unpaired) electrons. The monoisotopic (exact) mass is 480 g/mol. The number of nitrogens with one attached hydrogen (secondary N) is 1. The van der Waals surface area contributed by atoms with E-state index in [9.17, 15) is 14.4 Å². The fourth-order valence-electron chi connectivity index (χ4n) is 3.39. The number of halogens is 2. The Morgan fingerprint density at radius 3 is 2.18 bits per heavy atom. The number of rotatable bonds is 5. The van der Waals surface area contributed by atoms with Crippen LogP contribution in [0.15, 0.2) is 77.5 Å². The molecular formula is C25H18Cl2N2O4. The largest absolute Gasteiger partial charge is 0.423 e. The van der Waals surface area contributed by atoms with Crippen molar-refractivity contribution in [2.24, 2.45) is 0 Å². The quantitative estimate of drug-likeness (QED) is 0.291. The summed E-state index contributed by atoms with van der Waals surface area (Å²) in [5.41, 5.74) is 3.04. The maximum absolute atomic E-state index is 13.0. The van der Waals surface area contributed by atoms with E-state index in [0.717, 1.165) is 16.0 Å². The van der Waals surface area contributed by atoms with Crippen LogP contribution in [-0.2, 0) is 9.59 Å². The van der Waals surface area contributed by atoms with Gasteiger partial charge in [0.15, 0.2) is 0 Å². The lowest BCUT2D eigenvalue weighted by Crippen LogP contribution is -2.32. The van der Waals surface area contributed by atoms with E-state index in [0.29, 0.717) is 27.7 Å². The van der Waals surface area contributed by atoms with Gasteiger partial charge in [-0.05, 0) is 74.0 Å². The molecule has 0 bridgehead atoms. The maximum atomic E-state index is 13.0. The fourth-order valence-corrected chi connectivity index (χ4v) is 3.73. The topological polar surface area (TPSA) is 75.7 Å². The van der Waals surface area contributed by atoms with Gasteiger partial charge in [-0.2, -0.15) is 0 Å². The summed E-state index contributed by atoms with van der Waals surface area (Å²) < 4.78 is 5.31. The van der Waals surface area contributed by atoms with E-state index in [-0.39, 0.29) is 10.7 Å². The lowest BCUT2D eigenvalue weighted by Gasteiger charge is -2.18. The summed E-state index contributed by atoms with van der Waals surface area (Å²) in [5, 5.41) is 3.23. The van der Waals surface area contributed by atoms with Crippen molar-refractivity contribution in [3.8, 4) is 5.75 Å². The Morgan fingerprint density at radius 1 is 0.879 bits per heavy atom. The van der Waals surface area contributed by atoms with Crippen molar-refractivity contribution in [3.63, 3.8) is 0 Å². The lowest BCUT2D eigenvalue weighted by atomic mass is 10.1. The molecule has 4 rings (SSSR count). The van der Waals surface area contributed by atoms with Crippen molar-refractivity contribution in [1.29, 1.82) is 0 Å². The first kappa shape index (κ1) is 22.6. The Labute approximate surface area is 200 Å². The fraction of sp³-hybridized carbons (Fsp3) is 0.0800. The highest BCUT2D eigenvalue weighted by Crippen LogP contribution is 2.32. The van der Waals surface area contributed by atoms with E-state index < -0.39 is 17.8 Å². The molecule has 0 saturated heterocycles. The van der Waals surface area contributed by atoms with Crippen LogP contribution in [0.3, 0.4) is 0 Å². The van der Waals surface area contributed by atoms with Gasteiger partial charge >= 0.3 is 5.97 Å². The number of amides is 2. The van der Waals surface area contributed by atoms with Crippen molar-refractivity contribution < 1.29 is 19.1 Å². The molecule has 0 unspecified atom stereocenters. The molecule has 1 aliphatic rings. The molecule has 6 nitrogen and oxygen atoms in total. The minimum atomic E-state index is -0.598. The molecule has 1 aliphatic heterocycles. The Morgan fingerprint density at radius 2 is 1.55 bits per heavy atom. The molecule has 0 atom stereocenters. The number of ether oxygens (including phenoxy) is 1. The molecule has 3 aromatic carbocycles. The summed E-state index contributed by atoms with van der Waals surface area (Å²) in [6.07, 6.45) is 0. The second-order valence-corrected chi connectivity index (χ2v) is 8.28. The van der Waals surface area contributed by atoms with Crippen LogP contribution in [0.1, 0.15) is 21.5 Å². The highest BCUT2D eigenvalue weighted by molar-refractivity contribution is 6.53. The standard InChI is InChI=1S/C25H18Cl2N2O4/c1-14-3-12-20(15(2)13-14)29-23(30)21(27)22(24(29)31)28-18-8-4-16(5-9-18)25(32)33-19-10-6-17(26)7-11-19/h3-13,28H,1-2H3. The van der Waals surface area contributed by atoms with Crippen LogP contribution in [0, 0.1) is 13.8 Å². The average Bonchev–Trinajstić information content (AvgIpc) is 2.99. The summed E-state index contributed by atoms with van der Waals surface area (Å²) in [6, 6.07) is 18.1. The number of hydrogen-bond donors (Lipinski definition) is 1. The van der Waals surface area contributed by atoms with Crippen molar-refractivity contribution in [3.05, 3.63) is 99.2 Å². The van der Waals surface area contributed by atoms with E-state index in [1.54, 1.807) is 42.5 Å². The molecular weight excluding hydrogens is 463 g/mol. The van der Waals surface area contributed by atoms with Crippen LogP contribution in [0.4, 0.5) is 11.4 Å². The summed E-state index contributed by atoms with van der Waals surface area (Å²) in [4.78, 5) is 39.1. The SMILES string of the molecule is Cc1ccc(N2C(=O)C(Cl)=C(Nc3ccc(C(=O)Oc4ccc(Cl)cc4)cc3)C2=O)c(C)c1. The number of benzene rings is 3. The molecule has 0 aliphatic carbocycles. The average molecular weight is 481 g/mol. The summed E-state index contributed by atoms with van der Waals surface area (Å²) in [7, 11) is 0.